The molecular formula is C14H15BrF3N3. The number of aromatic nitrogens is 2. The molecule has 2 aromatic rings. The highest BCUT2D eigenvalue weighted by Crippen LogP contribution is 2.36. The first-order valence-electron chi connectivity index (χ1n) is 6.43. The molecule has 0 aliphatic rings. The lowest BCUT2D eigenvalue weighted by Gasteiger charge is -2.14. The second kappa shape index (κ2) is 6.09. The van der Waals surface area contributed by atoms with Crippen LogP contribution in [-0.4, -0.2) is 16.1 Å². The van der Waals surface area contributed by atoms with Gasteiger partial charge in [0.05, 0.1) is 5.56 Å². The van der Waals surface area contributed by atoms with Crippen molar-refractivity contribution in [3.63, 3.8) is 0 Å². The van der Waals surface area contributed by atoms with Gasteiger partial charge in [0.2, 0.25) is 5.95 Å². The van der Waals surface area contributed by atoms with Crippen LogP contribution in [0, 0.1) is 5.92 Å². The molecule has 0 aliphatic carbocycles. The number of halogens is 4. The van der Waals surface area contributed by atoms with Gasteiger partial charge in [0.1, 0.15) is 0 Å². The van der Waals surface area contributed by atoms with Gasteiger partial charge in [-0.1, -0.05) is 29.8 Å². The maximum absolute atomic E-state index is 13.0. The minimum absolute atomic E-state index is 0.0237. The van der Waals surface area contributed by atoms with Gasteiger partial charge >= 0.3 is 6.18 Å². The Morgan fingerprint density at radius 2 is 2.05 bits per heavy atom. The monoisotopic (exact) mass is 361 g/mol. The molecule has 0 aliphatic heterocycles. The summed E-state index contributed by atoms with van der Waals surface area (Å²) < 4.78 is 40.5. The first-order valence-corrected chi connectivity index (χ1v) is 7.22. The van der Waals surface area contributed by atoms with Gasteiger partial charge in [0.25, 0.3) is 0 Å². The lowest BCUT2D eigenvalue weighted by atomic mass is 10.2. The molecule has 1 aromatic heterocycles. The minimum Gasteiger partial charge on any atom is -0.355 e. The fourth-order valence-electron chi connectivity index (χ4n) is 1.82. The smallest absolute Gasteiger partial charge is 0.355 e. The summed E-state index contributed by atoms with van der Waals surface area (Å²) in [4.78, 5) is 4.14. The molecule has 1 heterocycles. The molecule has 0 saturated carbocycles. The summed E-state index contributed by atoms with van der Waals surface area (Å²) in [6, 6.07) is 4.11. The maximum atomic E-state index is 13.0. The summed E-state index contributed by atoms with van der Waals surface area (Å²) >= 11 is 2.94. The van der Waals surface area contributed by atoms with Gasteiger partial charge in [0.15, 0.2) is 0 Å². The molecule has 0 radical (unpaired) electrons. The largest absolute Gasteiger partial charge is 0.417 e. The van der Waals surface area contributed by atoms with Crippen LogP contribution in [0.4, 0.5) is 19.1 Å². The van der Waals surface area contributed by atoms with Crippen molar-refractivity contribution in [2.24, 2.45) is 5.92 Å². The number of anilines is 1. The highest BCUT2D eigenvalue weighted by atomic mass is 79.9. The Hall–Kier alpha value is -1.50. The predicted octanol–water partition coefficient (Wildman–Crippen LogP) is 4.72. The quantitative estimate of drug-likeness (QED) is 0.853. The molecule has 0 fully saturated rings. The van der Waals surface area contributed by atoms with Crippen LogP contribution in [0.1, 0.15) is 19.4 Å². The van der Waals surface area contributed by atoms with E-state index in [0.717, 1.165) is 6.07 Å². The highest BCUT2D eigenvalue weighted by Gasteiger charge is 2.33. The fraction of sp³-hybridized carbons (Fsp3) is 0.357. The molecule has 7 heteroatoms. The average Bonchev–Trinajstić information content (AvgIpc) is 2.84. The van der Waals surface area contributed by atoms with Crippen molar-refractivity contribution in [2.45, 2.75) is 20.0 Å². The Balaban J connectivity index is 2.37. The molecule has 0 spiro atoms. The number of imidazole rings is 1. The number of nitrogens with one attached hydrogen (secondary N) is 1. The summed E-state index contributed by atoms with van der Waals surface area (Å²) in [7, 11) is 0. The van der Waals surface area contributed by atoms with Crippen LogP contribution in [0.25, 0.3) is 5.69 Å². The fourth-order valence-corrected chi connectivity index (χ4v) is 2.29. The molecule has 0 unspecified atom stereocenters. The van der Waals surface area contributed by atoms with E-state index in [4.69, 9.17) is 0 Å². The van der Waals surface area contributed by atoms with E-state index in [1.807, 2.05) is 13.8 Å². The second-order valence-corrected chi connectivity index (χ2v) is 5.91. The van der Waals surface area contributed by atoms with Gasteiger partial charge in [-0.15, -0.1) is 0 Å². The summed E-state index contributed by atoms with van der Waals surface area (Å²) in [5, 5.41) is 3.12. The minimum atomic E-state index is -4.40. The zero-order valence-electron chi connectivity index (χ0n) is 11.6. The number of nitrogens with zero attached hydrogens (tertiary/aromatic N) is 2. The molecular weight excluding hydrogens is 347 g/mol. The van der Waals surface area contributed by atoms with Gasteiger partial charge < -0.3 is 5.32 Å². The van der Waals surface area contributed by atoms with E-state index in [-0.39, 0.29) is 4.47 Å². The van der Waals surface area contributed by atoms with Gasteiger partial charge in [-0.3, -0.25) is 4.57 Å². The van der Waals surface area contributed by atoms with Crippen LogP contribution < -0.4 is 5.32 Å². The molecule has 114 valence electrons. The third kappa shape index (κ3) is 3.78. The normalized spacial score (nSPS) is 12.0. The van der Waals surface area contributed by atoms with Crippen molar-refractivity contribution in [3.05, 3.63) is 40.6 Å². The molecule has 0 atom stereocenters. The van der Waals surface area contributed by atoms with Crippen molar-refractivity contribution in [2.75, 3.05) is 11.9 Å². The summed E-state index contributed by atoms with van der Waals surface area (Å²) in [6.45, 7) is 4.78. The SMILES string of the molecule is CC(C)CNc1nccn1-c1ccc(Br)c(C(F)(F)F)c1. The number of alkyl halides is 3. The maximum Gasteiger partial charge on any atom is 0.417 e. The van der Waals surface area contributed by atoms with E-state index < -0.39 is 11.7 Å². The summed E-state index contributed by atoms with van der Waals surface area (Å²) in [5.74, 6) is 0.935. The topological polar surface area (TPSA) is 29.9 Å². The first-order chi connectivity index (χ1) is 9.79. The molecule has 1 aromatic carbocycles. The van der Waals surface area contributed by atoms with Gasteiger partial charge in [-0.25, -0.2) is 4.98 Å². The second-order valence-electron chi connectivity index (χ2n) is 5.06. The van der Waals surface area contributed by atoms with Crippen LogP contribution in [-0.2, 0) is 6.18 Å². The first kappa shape index (κ1) is 15.9. The van der Waals surface area contributed by atoms with E-state index in [0.29, 0.717) is 24.1 Å². The Morgan fingerprint density at radius 1 is 1.33 bits per heavy atom. The van der Waals surface area contributed by atoms with Crippen molar-refractivity contribution < 1.29 is 13.2 Å². The zero-order valence-corrected chi connectivity index (χ0v) is 13.2. The Morgan fingerprint density at radius 3 is 2.67 bits per heavy atom. The Bertz CT molecular complexity index is 620. The molecule has 0 bridgehead atoms. The van der Waals surface area contributed by atoms with Gasteiger partial charge in [-0.05, 0) is 24.1 Å². The zero-order chi connectivity index (χ0) is 15.6. The lowest BCUT2D eigenvalue weighted by Crippen LogP contribution is -2.12. The van der Waals surface area contributed by atoms with Crippen LogP contribution in [0.5, 0.6) is 0 Å². The molecule has 0 saturated heterocycles. The summed E-state index contributed by atoms with van der Waals surface area (Å²) in [6.07, 6.45) is -1.22. The van der Waals surface area contributed by atoms with Crippen LogP contribution in [0.2, 0.25) is 0 Å². The van der Waals surface area contributed by atoms with E-state index >= 15 is 0 Å². The summed E-state index contributed by atoms with van der Waals surface area (Å²) in [5.41, 5.74) is -0.294. The van der Waals surface area contributed by atoms with Crippen molar-refractivity contribution >= 4 is 21.9 Å². The van der Waals surface area contributed by atoms with Crippen molar-refractivity contribution in [1.82, 2.24) is 9.55 Å². The van der Waals surface area contributed by atoms with Crippen LogP contribution in [0.3, 0.4) is 0 Å². The van der Waals surface area contributed by atoms with Crippen molar-refractivity contribution in [1.29, 1.82) is 0 Å². The number of hydrogen-bond donors (Lipinski definition) is 1. The van der Waals surface area contributed by atoms with Crippen LogP contribution >= 0.6 is 15.9 Å². The Labute approximate surface area is 129 Å². The molecule has 3 nitrogen and oxygen atoms in total. The lowest BCUT2D eigenvalue weighted by molar-refractivity contribution is -0.138. The standard InChI is InChI=1S/C14H15BrF3N3/c1-9(2)8-20-13-19-5-6-21(13)10-3-4-12(15)11(7-10)14(16,17)18/h3-7,9H,8H2,1-2H3,(H,19,20). The van der Waals surface area contributed by atoms with E-state index in [1.165, 1.54) is 6.07 Å². The van der Waals surface area contributed by atoms with Crippen LogP contribution in [0.15, 0.2) is 35.1 Å². The van der Waals surface area contributed by atoms with E-state index in [2.05, 4.69) is 26.2 Å². The van der Waals surface area contributed by atoms with E-state index in [9.17, 15) is 13.2 Å². The number of hydrogen-bond acceptors (Lipinski definition) is 2. The third-order valence-corrected chi connectivity index (χ3v) is 3.53. The highest BCUT2D eigenvalue weighted by molar-refractivity contribution is 9.10. The van der Waals surface area contributed by atoms with Gasteiger partial charge in [-0.2, -0.15) is 13.2 Å². The van der Waals surface area contributed by atoms with Gasteiger partial charge in [0, 0.05) is 29.1 Å². The third-order valence-electron chi connectivity index (χ3n) is 2.84. The molecule has 2 rings (SSSR count). The Kier molecular flexibility index (Phi) is 4.61. The number of benzene rings is 1. The molecule has 1 N–H and O–H groups in total. The molecule has 21 heavy (non-hydrogen) atoms. The average molecular weight is 362 g/mol. The molecule has 0 amide bonds. The predicted molar refractivity (Wildman–Crippen MR) is 79.6 cm³/mol. The van der Waals surface area contributed by atoms with Crippen molar-refractivity contribution in [3.8, 4) is 5.69 Å². The number of rotatable bonds is 4. The van der Waals surface area contributed by atoms with E-state index in [1.54, 1.807) is 23.0 Å².